The molecule has 4 fully saturated rings. The van der Waals surface area contributed by atoms with Gasteiger partial charge in [0.25, 0.3) is 0 Å². The van der Waals surface area contributed by atoms with Gasteiger partial charge in [-0.3, -0.25) is 0 Å². The molecule has 4 aliphatic carbocycles. The highest BCUT2D eigenvalue weighted by molar-refractivity contribution is 5.10. The van der Waals surface area contributed by atoms with E-state index < -0.39 is 0 Å². The SMILES string of the molecule is CN[C@H]1CC[C@@]2(C)C(CCC3C2CC[C@@]2(C)C3CC[C@@H]2C(C)CCCC(C)C)C1. The summed E-state index contributed by atoms with van der Waals surface area (Å²) < 4.78 is 0. The molecular weight excluding hydrogens is 350 g/mol. The molecule has 9 atom stereocenters. The Morgan fingerprint density at radius 3 is 2.28 bits per heavy atom. The molecule has 5 unspecified atom stereocenters. The van der Waals surface area contributed by atoms with Crippen molar-refractivity contribution < 1.29 is 0 Å². The molecule has 0 amide bonds. The maximum atomic E-state index is 3.61. The van der Waals surface area contributed by atoms with Gasteiger partial charge in [-0.2, -0.15) is 0 Å². The first-order valence-electron chi connectivity index (χ1n) is 13.5. The Morgan fingerprint density at radius 1 is 0.828 bits per heavy atom. The van der Waals surface area contributed by atoms with E-state index in [1.807, 2.05) is 0 Å². The van der Waals surface area contributed by atoms with Gasteiger partial charge in [0.05, 0.1) is 0 Å². The third-order valence-corrected chi connectivity index (χ3v) is 11.3. The molecule has 1 heteroatoms. The summed E-state index contributed by atoms with van der Waals surface area (Å²) in [5.41, 5.74) is 1.31. The summed E-state index contributed by atoms with van der Waals surface area (Å²) in [5, 5.41) is 3.61. The van der Waals surface area contributed by atoms with E-state index in [0.29, 0.717) is 10.8 Å². The average Bonchev–Trinajstić information content (AvgIpc) is 3.04. The summed E-state index contributed by atoms with van der Waals surface area (Å²) in [5.74, 6) is 6.94. The Kier molecular flexibility index (Phi) is 6.48. The highest BCUT2D eigenvalue weighted by atomic mass is 14.9. The Hall–Kier alpha value is -0.0400. The Morgan fingerprint density at radius 2 is 1.55 bits per heavy atom. The molecule has 29 heavy (non-hydrogen) atoms. The van der Waals surface area contributed by atoms with Crippen LogP contribution in [0.5, 0.6) is 0 Å². The zero-order chi connectivity index (χ0) is 20.8. The first-order chi connectivity index (χ1) is 13.8. The summed E-state index contributed by atoms with van der Waals surface area (Å²) >= 11 is 0. The molecular formula is C28H51N. The molecule has 0 heterocycles. The fourth-order valence-corrected chi connectivity index (χ4v) is 9.54. The number of rotatable bonds is 6. The molecule has 0 aromatic heterocycles. The van der Waals surface area contributed by atoms with Gasteiger partial charge in [0.1, 0.15) is 0 Å². The highest BCUT2D eigenvalue weighted by Crippen LogP contribution is 2.68. The first-order valence-corrected chi connectivity index (χ1v) is 13.5. The predicted molar refractivity (Wildman–Crippen MR) is 126 cm³/mol. The third-order valence-electron chi connectivity index (χ3n) is 11.3. The van der Waals surface area contributed by atoms with Crippen molar-refractivity contribution in [2.24, 2.45) is 52.3 Å². The molecule has 1 N–H and O–H groups in total. The molecule has 4 aliphatic rings. The summed E-state index contributed by atoms with van der Waals surface area (Å²) in [7, 11) is 2.19. The van der Waals surface area contributed by atoms with Gasteiger partial charge in [0.2, 0.25) is 0 Å². The molecule has 0 aliphatic heterocycles. The lowest BCUT2D eigenvalue weighted by Crippen LogP contribution is -2.55. The van der Waals surface area contributed by atoms with Gasteiger partial charge in [0, 0.05) is 6.04 Å². The molecule has 0 aromatic carbocycles. The lowest BCUT2D eigenvalue weighted by atomic mass is 9.44. The van der Waals surface area contributed by atoms with Crippen molar-refractivity contribution in [3.63, 3.8) is 0 Å². The second-order valence-corrected chi connectivity index (χ2v) is 12.9. The first kappa shape index (κ1) is 22.2. The van der Waals surface area contributed by atoms with Crippen LogP contribution in [0.1, 0.15) is 112 Å². The minimum atomic E-state index is 0.651. The molecule has 0 spiro atoms. The fraction of sp³-hybridized carbons (Fsp3) is 1.00. The molecule has 4 saturated carbocycles. The summed E-state index contributed by atoms with van der Waals surface area (Å²) in [6.07, 6.45) is 18.0. The van der Waals surface area contributed by atoms with Crippen LogP contribution >= 0.6 is 0 Å². The summed E-state index contributed by atoms with van der Waals surface area (Å²) in [6, 6.07) is 0.793. The van der Waals surface area contributed by atoms with Crippen LogP contribution in [0.15, 0.2) is 0 Å². The van der Waals surface area contributed by atoms with Crippen LogP contribution in [0.2, 0.25) is 0 Å². The van der Waals surface area contributed by atoms with Gasteiger partial charge < -0.3 is 5.32 Å². The molecule has 0 saturated heterocycles. The van der Waals surface area contributed by atoms with Crippen LogP contribution in [0, 0.1) is 52.3 Å². The predicted octanol–water partition coefficient (Wildman–Crippen LogP) is 7.70. The molecule has 168 valence electrons. The number of fused-ring (bicyclic) bond motifs is 5. The molecule has 0 bridgehead atoms. The van der Waals surface area contributed by atoms with Crippen molar-refractivity contribution in [1.29, 1.82) is 0 Å². The molecule has 0 aromatic rings. The normalized spacial score (nSPS) is 48.1. The van der Waals surface area contributed by atoms with Crippen molar-refractivity contribution in [3.05, 3.63) is 0 Å². The van der Waals surface area contributed by atoms with Crippen LogP contribution in [0.25, 0.3) is 0 Å². The molecule has 0 radical (unpaired) electrons. The minimum Gasteiger partial charge on any atom is -0.317 e. The Balaban J connectivity index is 1.45. The average molecular weight is 402 g/mol. The van der Waals surface area contributed by atoms with Gasteiger partial charge in [-0.1, -0.05) is 53.9 Å². The Labute approximate surface area is 182 Å². The maximum Gasteiger partial charge on any atom is 0.00671 e. The topological polar surface area (TPSA) is 12.0 Å². The van der Waals surface area contributed by atoms with Crippen LogP contribution in [0.4, 0.5) is 0 Å². The largest absolute Gasteiger partial charge is 0.317 e. The second-order valence-electron chi connectivity index (χ2n) is 12.9. The third kappa shape index (κ3) is 3.85. The van der Waals surface area contributed by atoms with Crippen molar-refractivity contribution >= 4 is 0 Å². The van der Waals surface area contributed by atoms with E-state index in [1.54, 1.807) is 19.3 Å². The zero-order valence-corrected chi connectivity index (χ0v) is 20.6. The number of nitrogens with one attached hydrogen (secondary N) is 1. The summed E-state index contributed by atoms with van der Waals surface area (Å²) in [6.45, 7) is 12.9. The highest BCUT2D eigenvalue weighted by Gasteiger charge is 2.60. The van der Waals surface area contributed by atoms with Crippen LogP contribution in [0.3, 0.4) is 0 Å². The van der Waals surface area contributed by atoms with Gasteiger partial charge in [0.15, 0.2) is 0 Å². The van der Waals surface area contributed by atoms with E-state index in [9.17, 15) is 0 Å². The van der Waals surface area contributed by atoms with Gasteiger partial charge in [-0.25, -0.2) is 0 Å². The molecule has 4 rings (SSSR count). The van der Waals surface area contributed by atoms with E-state index in [0.717, 1.165) is 47.5 Å². The van der Waals surface area contributed by atoms with Crippen molar-refractivity contribution in [3.8, 4) is 0 Å². The van der Waals surface area contributed by atoms with Crippen molar-refractivity contribution in [2.45, 2.75) is 118 Å². The van der Waals surface area contributed by atoms with Gasteiger partial charge >= 0.3 is 0 Å². The standard InChI is InChI=1S/C28H51N/c1-19(2)8-7-9-20(3)24-12-13-25-23-11-10-21-18-22(29-6)14-16-27(21,4)26(23)15-17-28(24,25)5/h19-26,29H,7-18H2,1-6H3/t20?,21?,22-,23?,24+,25?,26?,27-,28+/m0/s1. The molecule has 1 nitrogen and oxygen atoms in total. The van der Waals surface area contributed by atoms with E-state index in [2.05, 4.69) is 47.0 Å². The second kappa shape index (κ2) is 8.48. The minimum absolute atomic E-state index is 0.651. The Bertz CT molecular complexity index is 555. The lowest BCUT2D eigenvalue weighted by molar-refractivity contribution is -0.117. The van der Waals surface area contributed by atoms with Crippen molar-refractivity contribution in [1.82, 2.24) is 5.32 Å². The van der Waals surface area contributed by atoms with Crippen LogP contribution < -0.4 is 5.32 Å². The monoisotopic (exact) mass is 401 g/mol. The zero-order valence-electron chi connectivity index (χ0n) is 20.6. The van der Waals surface area contributed by atoms with E-state index in [4.69, 9.17) is 0 Å². The van der Waals surface area contributed by atoms with E-state index >= 15 is 0 Å². The summed E-state index contributed by atoms with van der Waals surface area (Å²) in [4.78, 5) is 0. The number of hydrogen-bond acceptors (Lipinski definition) is 1. The van der Waals surface area contributed by atoms with Crippen LogP contribution in [-0.4, -0.2) is 13.1 Å². The van der Waals surface area contributed by atoms with Crippen LogP contribution in [-0.2, 0) is 0 Å². The van der Waals surface area contributed by atoms with E-state index in [1.165, 1.54) is 57.8 Å². The number of hydrogen-bond donors (Lipinski definition) is 1. The van der Waals surface area contributed by atoms with Gasteiger partial charge in [-0.15, -0.1) is 0 Å². The fourth-order valence-electron chi connectivity index (χ4n) is 9.54. The smallest absolute Gasteiger partial charge is 0.00671 e. The quantitative estimate of drug-likeness (QED) is 0.481. The van der Waals surface area contributed by atoms with Crippen molar-refractivity contribution in [2.75, 3.05) is 7.05 Å². The lowest BCUT2D eigenvalue weighted by Gasteiger charge is -2.61. The van der Waals surface area contributed by atoms with Gasteiger partial charge in [-0.05, 0) is 117 Å². The maximum absolute atomic E-state index is 3.61. The van der Waals surface area contributed by atoms with E-state index in [-0.39, 0.29) is 0 Å².